The Bertz CT molecular complexity index is 195. The standard InChI is InChI=1S/C9H16N2O/c1-7(10-3)5-9(12)6-8(2)11-4/h5-6,10-11H,1-4H3/b7-5-,8-6-. The second kappa shape index (κ2) is 5.41. The molecule has 0 unspecified atom stereocenters. The smallest absolute Gasteiger partial charge is 0.182 e. The van der Waals surface area contributed by atoms with Crippen LogP contribution in [0.25, 0.3) is 0 Å². The highest BCUT2D eigenvalue weighted by Gasteiger charge is 1.93. The molecule has 0 atom stereocenters. The van der Waals surface area contributed by atoms with E-state index >= 15 is 0 Å². The van der Waals surface area contributed by atoms with Crippen molar-refractivity contribution in [2.75, 3.05) is 14.1 Å². The fourth-order valence-corrected chi connectivity index (χ4v) is 0.613. The highest BCUT2D eigenvalue weighted by molar-refractivity contribution is 5.99. The summed E-state index contributed by atoms with van der Waals surface area (Å²) in [6.07, 6.45) is 3.11. The van der Waals surface area contributed by atoms with Gasteiger partial charge in [-0.3, -0.25) is 4.79 Å². The molecule has 12 heavy (non-hydrogen) atoms. The van der Waals surface area contributed by atoms with Gasteiger partial charge in [-0.1, -0.05) is 0 Å². The third-order valence-corrected chi connectivity index (χ3v) is 1.51. The fourth-order valence-electron chi connectivity index (χ4n) is 0.613. The number of nitrogens with one attached hydrogen (secondary N) is 2. The highest BCUT2D eigenvalue weighted by Crippen LogP contribution is 1.91. The second-order valence-electron chi connectivity index (χ2n) is 2.56. The van der Waals surface area contributed by atoms with Crippen LogP contribution in [0, 0.1) is 0 Å². The molecule has 0 aromatic rings. The van der Waals surface area contributed by atoms with Gasteiger partial charge in [0.25, 0.3) is 0 Å². The Morgan fingerprint density at radius 1 is 1.00 bits per heavy atom. The van der Waals surface area contributed by atoms with Gasteiger partial charge < -0.3 is 10.6 Å². The largest absolute Gasteiger partial charge is 0.392 e. The van der Waals surface area contributed by atoms with Crippen LogP contribution >= 0.6 is 0 Å². The zero-order chi connectivity index (χ0) is 9.56. The van der Waals surface area contributed by atoms with Crippen molar-refractivity contribution in [2.24, 2.45) is 0 Å². The van der Waals surface area contributed by atoms with Crippen molar-refractivity contribution in [1.82, 2.24) is 10.6 Å². The molecular formula is C9H16N2O. The maximum absolute atomic E-state index is 11.1. The monoisotopic (exact) mass is 168 g/mol. The first-order valence-electron chi connectivity index (χ1n) is 3.86. The van der Waals surface area contributed by atoms with Crippen molar-refractivity contribution in [1.29, 1.82) is 0 Å². The van der Waals surface area contributed by atoms with Gasteiger partial charge in [0.15, 0.2) is 5.78 Å². The molecule has 2 N–H and O–H groups in total. The SMILES string of the molecule is CN/C(C)=C\C(=O)/C=C(/C)NC. The number of carbonyl (C=O) groups excluding carboxylic acids is 1. The molecule has 0 aromatic carbocycles. The van der Waals surface area contributed by atoms with Crippen molar-refractivity contribution >= 4 is 5.78 Å². The number of rotatable bonds is 4. The number of ketones is 1. The normalized spacial score (nSPS) is 12.7. The van der Waals surface area contributed by atoms with Crippen LogP contribution in [0.5, 0.6) is 0 Å². The minimum atomic E-state index is -0.00583. The Morgan fingerprint density at radius 2 is 1.33 bits per heavy atom. The zero-order valence-corrected chi connectivity index (χ0v) is 8.06. The van der Waals surface area contributed by atoms with E-state index in [2.05, 4.69) is 10.6 Å². The molecule has 0 spiro atoms. The third kappa shape index (κ3) is 4.55. The summed E-state index contributed by atoms with van der Waals surface area (Å²) in [4.78, 5) is 11.1. The van der Waals surface area contributed by atoms with Gasteiger partial charge in [0.05, 0.1) is 0 Å². The van der Waals surface area contributed by atoms with Crippen molar-refractivity contribution in [3.8, 4) is 0 Å². The van der Waals surface area contributed by atoms with E-state index in [1.807, 2.05) is 13.8 Å². The molecule has 0 heterocycles. The first kappa shape index (κ1) is 10.8. The first-order valence-corrected chi connectivity index (χ1v) is 3.86. The molecule has 0 saturated heterocycles. The molecule has 0 aromatic heterocycles. The van der Waals surface area contributed by atoms with E-state index in [-0.39, 0.29) is 5.78 Å². The van der Waals surface area contributed by atoms with Crippen molar-refractivity contribution < 1.29 is 4.79 Å². The van der Waals surface area contributed by atoms with Crippen LogP contribution in [-0.4, -0.2) is 19.9 Å². The Hall–Kier alpha value is -1.25. The van der Waals surface area contributed by atoms with Gasteiger partial charge in [0.2, 0.25) is 0 Å². The quantitative estimate of drug-likeness (QED) is 0.610. The number of carbonyl (C=O) groups is 1. The topological polar surface area (TPSA) is 41.1 Å². The lowest BCUT2D eigenvalue weighted by Gasteiger charge is -1.98. The van der Waals surface area contributed by atoms with Crippen molar-refractivity contribution in [2.45, 2.75) is 13.8 Å². The van der Waals surface area contributed by atoms with Gasteiger partial charge in [0.1, 0.15) is 0 Å². The predicted molar refractivity (Wildman–Crippen MR) is 50.6 cm³/mol. The molecule has 0 radical (unpaired) electrons. The lowest BCUT2D eigenvalue weighted by atomic mass is 10.3. The molecule has 68 valence electrons. The van der Waals surface area contributed by atoms with E-state index in [0.717, 1.165) is 11.4 Å². The average molecular weight is 168 g/mol. The van der Waals surface area contributed by atoms with Crippen molar-refractivity contribution in [3.63, 3.8) is 0 Å². The van der Waals surface area contributed by atoms with E-state index in [0.29, 0.717) is 0 Å². The van der Waals surface area contributed by atoms with Gasteiger partial charge in [-0.05, 0) is 13.8 Å². The van der Waals surface area contributed by atoms with Gasteiger partial charge in [0, 0.05) is 37.6 Å². The van der Waals surface area contributed by atoms with Crippen LogP contribution in [0.4, 0.5) is 0 Å². The van der Waals surface area contributed by atoms with Gasteiger partial charge in [-0.15, -0.1) is 0 Å². The summed E-state index contributed by atoms with van der Waals surface area (Å²) in [7, 11) is 3.57. The van der Waals surface area contributed by atoms with Crippen LogP contribution in [-0.2, 0) is 4.79 Å². The molecule has 0 rings (SSSR count). The van der Waals surface area contributed by atoms with E-state index in [1.54, 1.807) is 26.2 Å². The van der Waals surface area contributed by atoms with Crippen LogP contribution in [0.15, 0.2) is 23.5 Å². The van der Waals surface area contributed by atoms with Crippen molar-refractivity contribution in [3.05, 3.63) is 23.5 Å². The number of hydrogen-bond acceptors (Lipinski definition) is 3. The molecule has 0 aliphatic heterocycles. The number of allylic oxidation sites excluding steroid dienone is 4. The summed E-state index contributed by atoms with van der Waals surface area (Å²) in [5, 5.41) is 5.76. The minimum absolute atomic E-state index is 0.00583. The average Bonchev–Trinajstić information content (AvgIpc) is 2.03. The number of hydrogen-bond donors (Lipinski definition) is 2. The molecule has 0 amide bonds. The van der Waals surface area contributed by atoms with Gasteiger partial charge in [-0.2, -0.15) is 0 Å². The molecular weight excluding hydrogens is 152 g/mol. The third-order valence-electron chi connectivity index (χ3n) is 1.51. The summed E-state index contributed by atoms with van der Waals surface area (Å²) in [6.45, 7) is 3.70. The predicted octanol–water partition coefficient (Wildman–Crippen LogP) is 0.802. The Morgan fingerprint density at radius 3 is 1.58 bits per heavy atom. The minimum Gasteiger partial charge on any atom is -0.392 e. The highest BCUT2D eigenvalue weighted by atomic mass is 16.1. The van der Waals surface area contributed by atoms with E-state index in [9.17, 15) is 4.79 Å². The Balaban J connectivity index is 4.24. The molecule has 0 fully saturated rings. The van der Waals surface area contributed by atoms with E-state index in [4.69, 9.17) is 0 Å². The van der Waals surface area contributed by atoms with E-state index < -0.39 is 0 Å². The van der Waals surface area contributed by atoms with E-state index in [1.165, 1.54) is 0 Å². The van der Waals surface area contributed by atoms with Crippen LogP contribution < -0.4 is 10.6 Å². The van der Waals surface area contributed by atoms with Gasteiger partial charge >= 0.3 is 0 Å². The molecule has 3 nitrogen and oxygen atoms in total. The maximum atomic E-state index is 11.1. The molecule has 0 aliphatic rings. The first-order chi connectivity index (χ1) is 5.60. The zero-order valence-electron chi connectivity index (χ0n) is 8.06. The molecule has 0 bridgehead atoms. The van der Waals surface area contributed by atoms with Crippen LogP contribution in [0.1, 0.15) is 13.8 Å². The molecule has 3 heteroatoms. The summed E-state index contributed by atoms with van der Waals surface area (Å²) in [5.74, 6) is -0.00583. The summed E-state index contributed by atoms with van der Waals surface area (Å²) < 4.78 is 0. The second-order valence-corrected chi connectivity index (χ2v) is 2.56. The lowest BCUT2D eigenvalue weighted by Crippen LogP contribution is -2.07. The fraction of sp³-hybridized carbons (Fsp3) is 0.444. The maximum Gasteiger partial charge on any atom is 0.182 e. The summed E-state index contributed by atoms with van der Waals surface area (Å²) in [5.41, 5.74) is 1.72. The summed E-state index contributed by atoms with van der Waals surface area (Å²) in [6, 6.07) is 0. The molecule has 0 saturated carbocycles. The van der Waals surface area contributed by atoms with Crippen LogP contribution in [0.2, 0.25) is 0 Å². The Kier molecular flexibility index (Phi) is 4.84. The lowest BCUT2D eigenvalue weighted by molar-refractivity contribution is -0.110. The summed E-state index contributed by atoms with van der Waals surface area (Å²) >= 11 is 0. The van der Waals surface area contributed by atoms with Crippen LogP contribution in [0.3, 0.4) is 0 Å². The Labute approximate surface area is 73.5 Å². The van der Waals surface area contributed by atoms with Gasteiger partial charge in [-0.25, -0.2) is 0 Å². The molecule has 0 aliphatic carbocycles.